The molecular formula is C21H28N2O2. The first-order valence-corrected chi connectivity index (χ1v) is 9.12. The average molecular weight is 340 g/mol. The Bertz CT molecular complexity index is 746. The Balaban J connectivity index is 1.98. The number of rotatable bonds is 5. The van der Waals surface area contributed by atoms with Crippen LogP contribution in [0.2, 0.25) is 0 Å². The van der Waals surface area contributed by atoms with Crippen molar-refractivity contribution in [3.05, 3.63) is 54.2 Å². The number of benzene rings is 1. The topological polar surface area (TPSA) is 56.6 Å². The highest BCUT2D eigenvalue weighted by molar-refractivity contribution is 5.83. The van der Waals surface area contributed by atoms with Crippen molar-refractivity contribution in [1.29, 1.82) is 0 Å². The van der Waals surface area contributed by atoms with Crippen molar-refractivity contribution in [3.63, 3.8) is 0 Å². The van der Waals surface area contributed by atoms with Crippen molar-refractivity contribution >= 4 is 10.9 Å². The Morgan fingerprint density at radius 1 is 1.40 bits per heavy atom. The maximum atomic E-state index is 11.2. The zero-order valence-corrected chi connectivity index (χ0v) is 15.1. The number of likely N-dealkylation sites (tertiary alicyclic amines) is 1. The van der Waals surface area contributed by atoms with E-state index in [-0.39, 0.29) is 12.6 Å². The first-order valence-electron chi connectivity index (χ1n) is 9.12. The normalized spacial score (nSPS) is 25.8. The van der Waals surface area contributed by atoms with E-state index in [0.29, 0.717) is 11.8 Å². The Morgan fingerprint density at radius 3 is 2.88 bits per heavy atom. The first-order chi connectivity index (χ1) is 12.1. The number of pyridine rings is 1. The maximum Gasteiger partial charge on any atom is 0.0952 e. The van der Waals surface area contributed by atoms with Crippen molar-refractivity contribution in [1.82, 2.24) is 9.88 Å². The molecule has 134 valence electrons. The van der Waals surface area contributed by atoms with E-state index in [1.54, 1.807) is 6.20 Å². The lowest BCUT2D eigenvalue weighted by Crippen LogP contribution is -2.48. The number of hydrogen-bond donors (Lipinski definition) is 2. The Kier molecular flexibility index (Phi) is 5.52. The number of likely N-dealkylation sites (N-methyl/N-ethyl adjacent to an activating group) is 1. The van der Waals surface area contributed by atoms with Gasteiger partial charge in [0.25, 0.3) is 0 Å². The van der Waals surface area contributed by atoms with E-state index in [1.807, 2.05) is 30.3 Å². The number of fused-ring (bicyclic) bond motifs is 1. The van der Waals surface area contributed by atoms with Crippen LogP contribution in [0.25, 0.3) is 10.9 Å². The minimum Gasteiger partial charge on any atom is -0.392 e. The zero-order valence-electron chi connectivity index (χ0n) is 15.1. The van der Waals surface area contributed by atoms with Crippen molar-refractivity contribution in [2.75, 3.05) is 13.1 Å². The number of hydrogen-bond acceptors (Lipinski definition) is 4. The fourth-order valence-electron chi connectivity index (χ4n) is 4.07. The third-order valence-electron chi connectivity index (χ3n) is 5.67. The number of nitrogens with zero attached hydrogens (tertiary/aromatic N) is 2. The van der Waals surface area contributed by atoms with Gasteiger partial charge in [0.05, 0.1) is 18.2 Å². The van der Waals surface area contributed by atoms with Crippen LogP contribution in [-0.2, 0) is 6.61 Å². The second-order valence-electron chi connectivity index (χ2n) is 7.12. The molecule has 4 unspecified atom stereocenters. The molecule has 1 fully saturated rings. The molecule has 0 amide bonds. The molecule has 0 saturated carbocycles. The largest absolute Gasteiger partial charge is 0.392 e. The minimum atomic E-state index is -0.576. The second-order valence-corrected chi connectivity index (χ2v) is 7.12. The van der Waals surface area contributed by atoms with Crippen LogP contribution in [0.3, 0.4) is 0 Å². The van der Waals surface area contributed by atoms with Crippen LogP contribution < -0.4 is 0 Å². The van der Waals surface area contributed by atoms with Gasteiger partial charge in [-0.2, -0.15) is 0 Å². The summed E-state index contributed by atoms with van der Waals surface area (Å²) in [7, 11) is 0. The summed E-state index contributed by atoms with van der Waals surface area (Å²) >= 11 is 0. The van der Waals surface area contributed by atoms with Gasteiger partial charge in [-0.3, -0.25) is 9.88 Å². The van der Waals surface area contributed by atoms with Gasteiger partial charge in [0.1, 0.15) is 0 Å². The van der Waals surface area contributed by atoms with Crippen LogP contribution in [0.15, 0.2) is 43.1 Å². The maximum absolute atomic E-state index is 11.2. The van der Waals surface area contributed by atoms with Gasteiger partial charge >= 0.3 is 0 Å². The van der Waals surface area contributed by atoms with Gasteiger partial charge in [-0.05, 0) is 54.1 Å². The summed E-state index contributed by atoms with van der Waals surface area (Å²) in [5.41, 5.74) is 2.59. The van der Waals surface area contributed by atoms with E-state index in [2.05, 4.69) is 30.3 Å². The Labute approximate surface area is 149 Å². The third-order valence-corrected chi connectivity index (χ3v) is 5.67. The van der Waals surface area contributed by atoms with Crippen molar-refractivity contribution < 1.29 is 10.2 Å². The Hall–Kier alpha value is -1.75. The molecular weight excluding hydrogens is 312 g/mol. The molecule has 1 aromatic heterocycles. The summed E-state index contributed by atoms with van der Waals surface area (Å²) < 4.78 is 0. The summed E-state index contributed by atoms with van der Waals surface area (Å²) in [6, 6.07) is 7.72. The molecule has 3 rings (SSSR count). The molecule has 2 heterocycles. The average Bonchev–Trinajstić information content (AvgIpc) is 2.66. The van der Waals surface area contributed by atoms with Gasteiger partial charge in [0.2, 0.25) is 0 Å². The van der Waals surface area contributed by atoms with E-state index < -0.39 is 6.10 Å². The third kappa shape index (κ3) is 3.47. The summed E-state index contributed by atoms with van der Waals surface area (Å²) in [6.45, 7) is 10.2. The molecule has 0 spiro atoms. The Morgan fingerprint density at radius 2 is 2.20 bits per heavy atom. The van der Waals surface area contributed by atoms with Crippen LogP contribution in [0.4, 0.5) is 0 Å². The van der Waals surface area contributed by atoms with Crippen molar-refractivity contribution in [3.8, 4) is 0 Å². The molecule has 1 aliphatic rings. The van der Waals surface area contributed by atoms with E-state index in [4.69, 9.17) is 0 Å². The molecule has 0 aliphatic carbocycles. The predicted octanol–water partition coefficient (Wildman–Crippen LogP) is 3.29. The van der Waals surface area contributed by atoms with Gasteiger partial charge < -0.3 is 10.2 Å². The second kappa shape index (κ2) is 7.65. The lowest BCUT2D eigenvalue weighted by atomic mass is 9.80. The number of piperidine rings is 1. The molecule has 4 heteroatoms. The first kappa shape index (κ1) is 18.1. The highest BCUT2D eigenvalue weighted by Crippen LogP contribution is 2.36. The summed E-state index contributed by atoms with van der Waals surface area (Å²) in [4.78, 5) is 6.76. The minimum absolute atomic E-state index is 0.0110. The molecule has 1 saturated heterocycles. The summed E-state index contributed by atoms with van der Waals surface area (Å²) in [5, 5.41) is 21.6. The molecule has 1 aliphatic heterocycles. The smallest absolute Gasteiger partial charge is 0.0952 e. The number of aliphatic hydroxyl groups is 2. The predicted molar refractivity (Wildman–Crippen MR) is 101 cm³/mol. The molecule has 2 aromatic rings. The standard InChI is InChI=1S/C21H28N2O2/c1-4-16-12-23(5-2)20(10-14(16)3)21(25)17-8-9-22-19-7-6-15(13-24)11-18(17)19/h4,6-9,11,14,16,20-21,24-25H,1,5,10,12-13H2,2-3H3. The van der Waals surface area contributed by atoms with Crippen LogP contribution in [-0.4, -0.2) is 39.2 Å². The SMILES string of the molecule is C=CC1CN(CC)C(C(O)c2ccnc3ccc(CO)cc23)CC1C. The number of aromatic nitrogens is 1. The van der Waals surface area contributed by atoms with Gasteiger partial charge in [0.15, 0.2) is 0 Å². The number of aliphatic hydroxyl groups excluding tert-OH is 2. The zero-order chi connectivity index (χ0) is 18.0. The van der Waals surface area contributed by atoms with Gasteiger partial charge in [-0.15, -0.1) is 6.58 Å². The lowest BCUT2D eigenvalue weighted by molar-refractivity contribution is -0.000124. The highest BCUT2D eigenvalue weighted by atomic mass is 16.3. The van der Waals surface area contributed by atoms with Crippen molar-refractivity contribution in [2.45, 2.75) is 39.0 Å². The van der Waals surface area contributed by atoms with E-state index in [1.165, 1.54) is 0 Å². The molecule has 2 N–H and O–H groups in total. The summed E-state index contributed by atoms with van der Waals surface area (Å²) in [6.07, 6.45) is 4.17. The van der Waals surface area contributed by atoms with Crippen LogP contribution in [0.1, 0.15) is 37.5 Å². The molecule has 25 heavy (non-hydrogen) atoms. The van der Waals surface area contributed by atoms with Gasteiger partial charge in [-0.25, -0.2) is 0 Å². The van der Waals surface area contributed by atoms with Gasteiger partial charge in [0, 0.05) is 24.2 Å². The van der Waals surface area contributed by atoms with Gasteiger partial charge in [-0.1, -0.05) is 26.0 Å². The monoisotopic (exact) mass is 340 g/mol. The fourth-order valence-corrected chi connectivity index (χ4v) is 4.07. The van der Waals surface area contributed by atoms with E-state index in [0.717, 1.165) is 41.5 Å². The lowest BCUT2D eigenvalue weighted by Gasteiger charge is -2.44. The van der Waals surface area contributed by atoms with Crippen molar-refractivity contribution in [2.24, 2.45) is 11.8 Å². The summed E-state index contributed by atoms with van der Waals surface area (Å²) in [5.74, 6) is 0.972. The van der Waals surface area contributed by atoms with Crippen LogP contribution >= 0.6 is 0 Å². The molecule has 0 radical (unpaired) electrons. The molecule has 4 nitrogen and oxygen atoms in total. The van der Waals surface area contributed by atoms with Crippen LogP contribution in [0.5, 0.6) is 0 Å². The van der Waals surface area contributed by atoms with E-state index >= 15 is 0 Å². The van der Waals surface area contributed by atoms with Crippen LogP contribution in [0, 0.1) is 11.8 Å². The van der Waals surface area contributed by atoms with E-state index in [9.17, 15) is 10.2 Å². The molecule has 4 atom stereocenters. The quantitative estimate of drug-likeness (QED) is 0.820. The molecule has 0 bridgehead atoms. The highest BCUT2D eigenvalue weighted by Gasteiger charge is 2.36. The fraction of sp³-hybridized carbons (Fsp3) is 0.476. The molecule has 1 aromatic carbocycles.